The minimum atomic E-state index is -0.951. The van der Waals surface area contributed by atoms with Crippen LogP contribution in [0.15, 0.2) is 0 Å². The van der Waals surface area contributed by atoms with Crippen LogP contribution in [0, 0.1) is 11.8 Å². The van der Waals surface area contributed by atoms with Gasteiger partial charge in [0.05, 0.1) is 0 Å². The van der Waals surface area contributed by atoms with Crippen molar-refractivity contribution in [2.45, 2.75) is 39.5 Å². The first-order chi connectivity index (χ1) is 8.45. The SMILES string of the molecule is CCCCC1CC(C(=O)NC(C)=O)C(=O)NC1=O. The molecular weight excluding hydrogens is 236 g/mol. The van der Waals surface area contributed by atoms with Gasteiger partial charge >= 0.3 is 0 Å². The Hall–Kier alpha value is -1.72. The number of hydrogen-bond acceptors (Lipinski definition) is 4. The van der Waals surface area contributed by atoms with Gasteiger partial charge < -0.3 is 0 Å². The molecule has 0 radical (unpaired) electrons. The number of imide groups is 2. The molecule has 0 aromatic carbocycles. The van der Waals surface area contributed by atoms with Gasteiger partial charge in [0, 0.05) is 12.8 Å². The predicted molar refractivity (Wildman–Crippen MR) is 63.1 cm³/mol. The molecule has 2 N–H and O–H groups in total. The van der Waals surface area contributed by atoms with Crippen LogP contribution >= 0.6 is 0 Å². The van der Waals surface area contributed by atoms with Gasteiger partial charge in [-0.25, -0.2) is 0 Å². The molecule has 4 amide bonds. The summed E-state index contributed by atoms with van der Waals surface area (Å²) in [5.74, 6) is -3.35. The Morgan fingerprint density at radius 2 is 2.00 bits per heavy atom. The van der Waals surface area contributed by atoms with E-state index in [1.165, 1.54) is 6.92 Å². The standard InChI is InChI=1S/C12H18N2O4/c1-3-4-5-8-6-9(11(17)13-7(2)15)12(18)14-10(8)16/h8-9H,3-6H2,1-2H3,(H,13,15,17)(H,14,16,18). The average Bonchev–Trinajstić information content (AvgIpc) is 2.26. The number of rotatable bonds is 4. The molecule has 100 valence electrons. The van der Waals surface area contributed by atoms with Gasteiger partial charge in [-0.1, -0.05) is 19.8 Å². The molecule has 2 atom stereocenters. The molecule has 0 bridgehead atoms. The van der Waals surface area contributed by atoms with E-state index in [9.17, 15) is 19.2 Å². The van der Waals surface area contributed by atoms with Crippen LogP contribution in [-0.2, 0) is 19.2 Å². The summed E-state index contributed by atoms with van der Waals surface area (Å²) in [4.78, 5) is 45.5. The van der Waals surface area contributed by atoms with Crippen LogP contribution in [0.4, 0.5) is 0 Å². The molecule has 0 saturated carbocycles. The Balaban J connectivity index is 2.67. The molecule has 1 aliphatic rings. The van der Waals surface area contributed by atoms with Crippen LogP contribution in [0.3, 0.4) is 0 Å². The normalized spacial score (nSPS) is 23.4. The van der Waals surface area contributed by atoms with E-state index in [0.717, 1.165) is 12.8 Å². The van der Waals surface area contributed by atoms with Crippen LogP contribution in [0.1, 0.15) is 39.5 Å². The molecule has 6 heteroatoms. The third-order valence-electron chi connectivity index (χ3n) is 2.98. The number of carbonyl (C=O) groups is 4. The maximum absolute atomic E-state index is 11.6. The fourth-order valence-electron chi connectivity index (χ4n) is 2.00. The summed E-state index contributed by atoms with van der Waals surface area (Å²) in [5, 5.41) is 4.28. The van der Waals surface area contributed by atoms with Gasteiger partial charge in [0.1, 0.15) is 5.92 Å². The fourth-order valence-corrected chi connectivity index (χ4v) is 2.00. The third-order valence-corrected chi connectivity index (χ3v) is 2.98. The van der Waals surface area contributed by atoms with Gasteiger partial charge in [-0.3, -0.25) is 29.8 Å². The molecule has 2 unspecified atom stereocenters. The lowest BCUT2D eigenvalue weighted by molar-refractivity contribution is -0.145. The molecule has 0 aromatic heterocycles. The van der Waals surface area contributed by atoms with Crippen LogP contribution in [0.5, 0.6) is 0 Å². The van der Waals surface area contributed by atoms with Crippen molar-refractivity contribution in [1.29, 1.82) is 0 Å². The smallest absolute Gasteiger partial charge is 0.239 e. The first kappa shape index (κ1) is 14.3. The number of carbonyl (C=O) groups excluding carboxylic acids is 4. The van der Waals surface area contributed by atoms with E-state index in [-0.39, 0.29) is 18.2 Å². The Labute approximate surface area is 105 Å². The van der Waals surface area contributed by atoms with Crippen LogP contribution < -0.4 is 10.6 Å². The quantitative estimate of drug-likeness (QED) is 0.550. The van der Waals surface area contributed by atoms with E-state index in [4.69, 9.17) is 0 Å². The van der Waals surface area contributed by atoms with E-state index in [1.54, 1.807) is 0 Å². The summed E-state index contributed by atoms with van der Waals surface area (Å²) < 4.78 is 0. The van der Waals surface area contributed by atoms with Crippen molar-refractivity contribution in [3.05, 3.63) is 0 Å². The number of piperidine rings is 1. The van der Waals surface area contributed by atoms with Crippen molar-refractivity contribution < 1.29 is 19.2 Å². The second kappa shape index (κ2) is 6.28. The minimum absolute atomic E-state index is 0.184. The van der Waals surface area contributed by atoms with Crippen LogP contribution in [-0.4, -0.2) is 23.6 Å². The molecule has 6 nitrogen and oxygen atoms in total. The second-order valence-corrected chi connectivity index (χ2v) is 4.53. The summed E-state index contributed by atoms with van der Waals surface area (Å²) in [7, 11) is 0. The molecule has 0 spiro atoms. The Morgan fingerprint density at radius 1 is 1.33 bits per heavy atom. The summed E-state index contributed by atoms with van der Waals surface area (Å²) >= 11 is 0. The summed E-state index contributed by atoms with van der Waals surface area (Å²) in [6.07, 6.45) is 2.65. The van der Waals surface area contributed by atoms with Crippen molar-refractivity contribution in [1.82, 2.24) is 10.6 Å². The molecule has 1 heterocycles. The monoisotopic (exact) mass is 254 g/mol. The predicted octanol–water partition coefficient (Wildman–Crippen LogP) is 0.118. The highest BCUT2D eigenvalue weighted by molar-refractivity contribution is 6.12. The summed E-state index contributed by atoms with van der Waals surface area (Å²) in [5.41, 5.74) is 0. The summed E-state index contributed by atoms with van der Waals surface area (Å²) in [6, 6.07) is 0. The van der Waals surface area contributed by atoms with Gasteiger partial charge in [-0.2, -0.15) is 0 Å². The van der Waals surface area contributed by atoms with Crippen molar-refractivity contribution in [2.24, 2.45) is 11.8 Å². The fraction of sp³-hybridized carbons (Fsp3) is 0.667. The Bertz CT molecular complexity index is 378. The van der Waals surface area contributed by atoms with Crippen LogP contribution in [0.2, 0.25) is 0 Å². The highest BCUT2D eigenvalue weighted by atomic mass is 16.2. The van der Waals surface area contributed by atoms with Crippen molar-refractivity contribution in [2.75, 3.05) is 0 Å². The van der Waals surface area contributed by atoms with E-state index in [1.807, 2.05) is 6.92 Å². The Morgan fingerprint density at radius 3 is 2.56 bits per heavy atom. The topological polar surface area (TPSA) is 92.3 Å². The highest BCUT2D eigenvalue weighted by Crippen LogP contribution is 2.23. The van der Waals surface area contributed by atoms with Gasteiger partial charge in [-0.15, -0.1) is 0 Å². The van der Waals surface area contributed by atoms with Crippen molar-refractivity contribution in [3.63, 3.8) is 0 Å². The lowest BCUT2D eigenvalue weighted by Crippen LogP contribution is -2.51. The van der Waals surface area contributed by atoms with Gasteiger partial charge in [0.25, 0.3) is 0 Å². The van der Waals surface area contributed by atoms with Gasteiger partial charge in [0.2, 0.25) is 23.6 Å². The lowest BCUT2D eigenvalue weighted by Gasteiger charge is -2.26. The van der Waals surface area contributed by atoms with Crippen molar-refractivity contribution >= 4 is 23.6 Å². The van der Waals surface area contributed by atoms with Crippen molar-refractivity contribution in [3.8, 4) is 0 Å². The molecule has 0 aliphatic carbocycles. The molecule has 1 fully saturated rings. The first-order valence-electron chi connectivity index (χ1n) is 6.11. The van der Waals surface area contributed by atoms with Gasteiger partial charge in [-0.05, 0) is 12.8 Å². The zero-order valence-corrected chi connectivity index (χ0v) is 10.6. The molecule has 1 aliphatic heterocycles. The number of nitrogens with one attached hydrogen (secondary N) is 2. The van der Waals surface area contributed by atoms with Gasteiger partial charge in [0.15, 0.2) is 0 Å². The maximum Gasteiger partial charge on any atom is 0.239 e. The molecular formula is C12H18N2O4. The highest BCUT2D eigenvalue weighted by Gasteiger charge is 2.38. The second-order valence-electron chi connectivity index (χ2n) is 4.53. The van der Waals surface area contributed by atoms with E-state index in [0.29, 0.717) is 6.42 Å². The molecule has 18 heavy (non-hydrogen) atoms. The Kier molecular flexibility index (Phi) is 5.00. The zero-order chi connectivity index (χ0) is 13.7. The zero-order valence-electron chi connectivity index (χ0n) is 10.6. The third kappa shape index (κ3) is 3.65. The molecule has 1 saturated heterocycles. The number of unbranched alkanes of at least 4 members (excludes halogenated alkanes) is 1. The summed E-state index contributed by atoms with van der Waals surface area (Å²) in [6.45, 7) is 3.21. The maximum atomic E-state index is 11.6. The first-order valence-corrected chi connectivity index (χ1v) is 6.11. The largest absolute Gasteiger partial charge is 0.296 e. The molecule has 1 rings (SSSR count). The lowest BCUT2D eigenvalue weighted by atomic mass is 9.85. The minimum Gasteiger partial charge on any atom is -0.296 e. The number of amides is 4. The average molecular weight is 254 g/mol. The van der Waals surface area contributed by atoms with E-state index in [2.05, 4.69) is 10.6 Å². The van der Waals surface area contributed by atoms with Crippen LogP contribution in [0.25, 0.3) is 0 Å². The van der Waals surface area contributed by atoms with E-state index < -0.39 is 23.6 Å². The molecule has 0 aromatic rings. The number of hydrogen-bond donors (Lipinski definition) is 2. The van der Waals surface area contributed by atoms with E-state index >= 15 is 0 Å².